The fourth-order valence-corrected chi connectivity index (χ4v) is 2.63. The Kier molecular flexibility index (Phi) is 3.11. The van der Waals surface area contributed by atoms with E-state index in [1.807, 2.05) is 12.1 Å². The lowest BCUT2D eigenvalue weighted by molar-refractivity contribution is 0.718. The van der Waals surface area contributed by atoms with Crippen molar-refractivity contribution in [2.24, 2.45) is 0 Å². The number of nitrogen functional groups attached to an aromatic ring is 1. The number of benzene rings is 1. The lowest BCUT2D eigenvalue weighted by atomic mass is 10.00. The molecule has 2 N–H and O–H groups in total. The largest absolute Gasteiger partial charge is 0.399 e. The smallest absolute Gasteiger partial charge is 0.131 e. The highest BCUT2D eigenvalue weighted by atomic mass is 15.2. The van der Waals surface area contributed by atoms with Crippen molar-refractivity contribution in [1.82, 2.24) is 4.98 Å². The van der Waals surface area contributed by atoms with Crippen LogP contribution < -0.4 is 10.6 Å². The van der Waals surface area contributed by atoms with Gasteiger partial charge in [0.15, 0.2) is 0 Å². The number of aryl methyl sites for hydroxylation is 1. The Morgan fingerprint density at radius 2 is 2.00 bits per heavy atom. The predicted molar refractivity (Wildman–Crippen MR) is 79.2 cm³/mol. The number of nitrogens with zero attached hydrogens (tertiary/aromatic N) is 2. The fourth-order valence-electron chi connectivity index (χ4n) is 2.63. The maximum Gasteiger partial charge on any atom is 0.131 e. The van der Waals surface area contributed by atoms with Crippen molar-refractivity contribution >= 4 is 11.5 Å². The molecule has 3 rings (SSSR count). The molecule has 0 aliphatic carbocycles. The summed E-state index contributed by atoms with van der Waals surface area (Å²) in [5.41, 5.74) is 10.7. The van der Waals surface area contributed by atoms with Crippen molar-refractivity contribution in [3.05, 3.63) is 53.2 Å². The normalized spacial score (nSPS) is 14.3. The summed E-state index contributed by atoms with van der Waals surface area (Å²) in [6.45, 7) is 4.05. The van der Waals surface area contributed by atoms with E-state index in [4.69, 9.17) is 10.7 Å². The van der Waals surface area contributed by atoms with Gasteiger partial charge in [-0.1, -0.05) is 31.2 Å². The third-order valence-electron chi connectivity index (χ3n) is 3.70. The molecule has 0 spiro atoms. The third kappa shape index (κ3) is 2.41. The molecule has 2 heterocycles. The Bertz CT molecular complexity index is 592. The summed E-state index contributed by atoms with van der Waals surface area (Å²) in [4.78, 5) is 7.01. The molecular weight excluding hydrogens is 234 g/mol. The van der Waals surface area contributed by atoms with E-state index >= 15 is 0 Å². The van der Waals surface area contributed by atoms with Gasteiger partial charge >= 0.3 is 0 Å². The molecule has 3 nitrogen and oxygen atoms in total. The second-order valence-electron chi connectivity index (χ2n) is 5.04. The first kappa shape index (κ1) is 12.0. The Morgan fingerprint density at radius 3 is 2.79 bits per heavy atom. The Balaban J connectivity index is 1.90. The summed E-state index contributed by atoms with van der Waals surface area (Å²) in [5, 5.41) is 0. The van der Waals surface area contributed by atoms with Gasteiger partial charge in [-0.15, -0.1) is 0 Å². The molecule has 1 aliphatic heterocycles. The van der Waals surface area contributed by atoms with E-state index in [2.05, 4.69) is 36.1 Å². The van der Waals surface area contributed by atoms with Crippen LogP contribution in [0.2, 0.25) is 0 Å². The maximum atomic E-state index is 5.97. The number of fused-ring (bicyclic) bond motifs is 1. The molecule has 3 heteroatoms. The van der Waals surface area contributed by atoms with Gasteiger partial charge in [0.1, 0.15) is 5.82 Å². The highest BCUT2D eigenvalue weighted by molar-refractivity contribution is 5.53. The number of anilines is 2. The van der Waals surface area contributed by atoms with Crippen LogP contribution in [0.3, 0.4) is 0 Å². The molecular formula is C16H19N3. The lowest BCUT2D eigenvalue weighted by Gasteiger charge is -2.30. The van der Waals surface area contributed by atoms with Crippen LogP contribution in [-0.4, -0.2) is 11.5 Å². The average Bonchev–Trinajstić information content (AvgIpc) is 2.46. The summed E-state index contributed by atoms with van der Waals surface area (Å²) in [6, 6.07) is 12.6. The zero-order chi connectivity index (χ0) is 13.2. The molecule has 1 aromatic heterocycles. The number of hydrogen-bond donors (Lipinski definition) is 1. The standard InChI is InChI=1S/C16H19N3/c1-2-15-9-14(17)10-16(18-15)19-8-7-12-5-3-4-6-13(12)11-19/h3-6,9-10H,2,7-8,11H2,1H3,(H2,17,18). The molecule has 19 heavy (non-hydrogen) atoms. The molecule has 0 saturated carbocycles. The fraction of sp³-hybridized carbons (Fsp3) is 0.312. The van der Waals surface area contributed by atoms with Gasteiger partial charge in [-0.05, 0) is 30.0 Å². The average molecular weight is 253 g/mol. The second kappa shape index (κ2) is 4.92. The Hall–Kier alpha value is -2.03. The Labute approximate surface area is 114 Å². The van der Waals surface area contributed by atoms with Crippen LogP contribution in [0.1, 0.15) is 23.7 Å². The summed E-state index contributed by atoms with van der Waals surface area (Å²) in [7, 11) is 0. The lowest BCUT2D eigenvalue weighted by Crippen LogP contribution is -2.31. The quantitative estimate of drug-likeness (QED) is 0.895. The highest BCUT2D eigenvalue weighted by Gasteiger charge is 2.17. The van der Waals surface area contributed by atoms with Crippen LogP contribution in [0.15, 0.2) is 36.4 Å². The molecule has 0 saturated heterocycles. The third-order valence-corrected chi connectivity index (χ3v) is 3.70. The molecule has 0 amide bonds. The van der Waals surface area contributed by atoms with Crippen LogP contribution in [0.5, 0.6) is 0 Å². The van der Waals surface area contributed by atoms with Crippen LogP contribution in [0.4, 0.5) is 11.5 Å². The molecule has 0 radical (unpaired) electrons. The van der Waals surface area contributed by atoms with Crippen molar-refractivity contribution in [2.75, 3.05) is 17.2 Å². The topological polar surface area (TPSA) is 42.1 Å². The first-order valence-corrected chi connectivity index (χ1v) is 6.84. The van der Waals surface area contributed by atoms with Gasteiger partial charge in [0, 0.05) is 30.5 Å². The van der Waals surface area contributed by atoms with Crippen LogP contribution in [-0.2, 0) is 19.4 Å². The summed E-state index contributed by atoms with van der Waals surface area (Å²) >= 11 is 0. The molecule has 0 atom stereocenters. The Morgan fingerprint density at radius 1 is 1.21 bits per heavy atom. The minimum absolute atomic E-state index is 0.806. The number of rotatable bonds is 2. The monoisotopic (exact) mass is 253 g/mol. The minimum Gasteiger partial charge on any atom is -0.399 e. The van der Waals surface area contributed by atoms with E-state index in [9.17, 15) is 0 Å². The van der Waals surface area contributed by atoms with Crippen molar-refractivity contribution in [3.63, 3.8) is 0 Å². The van der Waals surface area contributed by atoms with Gasteiger partial charge in [-0.25, -0.2) is 4.98 Å². The van der Waals surface area contributed by atoms with Crippen LogP contribution in [0.25, 0.3) is 0 Å². The van der Waals surface area contributed by atoms with Gasteiger partial charge in [-0.3, -0.25) is 0 Å². The van der Waals surface area contributed by atoms with Gasteiger partial charge in [0.25, 0.3) is 0 Å². The van der Waals surface area contributed by atoms with E-state index < -0.39 is 0 Å². The van der Waals surface area contributed by atoms with E-state index in [0.29, 0.717) is 0 Å². The highest BCUT2D eigenvalue weighted by Crippen LogP contribution is 2.24. The van der Waals surface area contributed by atoms with Gasteiger partial charge < -0.3 is 10.6 Å². The van der Waals surface area contributed by atoms with Crippen molar-refractivity contribution < 1.29 is 0 Å². The van der Waals surface area contributed by atoms with E-state index in [1.54, 1.807) is 0 Å². The van der Waals surface area contributed by atoms with E-state index in [0.717, 1.165) is 43.1 Å². The molecule has 2 aromatic rings. The van der Waals surface area contributed by atoms with Crippen LogP contribution in [0, 0.1) is 0 Å². The first-order valence-electron chi connectivity index (χ1n) is 6.84. The minimum atomic E-state index is 0.806. The first-order chi connectivity index (χ1) is 9.26. The predicted octanol–water partition coefficient (Wildman–Crippen LogP) is 2.79. The van der Waals surface area contributed by atoms with Crippen molar-refractivity contribution in [3.8, 4) is 0 Å². The van der Waals surface area contributed by atoms with E-state index in [1.165, 1.54) is 11.1 Å². The van der Waals surface area contributed by atoms with Gasteiger partial charge in [-0.2, -0.15) is 0 Å². The number of pyridine rings is 1. The number of nitrogens with two attached hydrogens (primary N) is 1. The maximum absolute atomic E-state index is 5.97. The molecule has 0 fully saturated rings. The zero-order valence-electron chi connectivity index (χ0n) is 11.3. The molecule has 0 bridgehead atoms. The van der Waals surface area contributed by atoms with Gasteiger partial charge in [0.2, 0.25) is 0 Å². The van der Waals surface area contributed by atoms with Gasteiger partial charge in [0.05, 0.1) is 0 Å². The molecule has 0 unspecified atom stereocenters. The number of aromatic nitrogens is 1. The zero-order valence-corrected chi connectivity index (χ0v) is 11.3. The molecule has 98 valence electrons. The van der Waals surface area contributed by atoms with E-state index in [-0.39, 0.29) is 0 Å². The van der Waals surface area contributed by atoms with Crippen molar-refractivity contribution in [2.45, 2.75) is 26.3 Å². The summed E-state index contributed by atoms with van der Waals surface area (Å²) < 4.78 is 0. The van der Waals surface area contributed by atoms with Crippen molar-refractivity contribution in [1.29, 1.82) is 0 Å². The number of hydrogen-bond acceptors (Lipinski definition) is 3. The molecule has 1 aliphatic rings. The SMILES string of the molecule is CCc1cc(N)cc(N2CCc3ccccc3C2)n1. The molecule has 1 aromatic carbocycles. The van der Waals surface area contributed by atoms with Crippen LogP contribution >= 0.6 is 0 Å². The second-order valence-corrected chi connectivity index (χ2v) is 5.04. The summed E-state index contributed by atoms with van der Waals surface area (Å²) in [5.74, 6) is 1.01. The summed E-state index contributed by atoms with van der Waals surface area (Å²) in [6.07, 6.45) is 2.00.